The highest BCUT2D eigenvalue weighted by molar-refractivity contribution is 5.15. The molecule has 0 spiro atoms. The third kappa shape index (κ3) is 2.91. The fraction of sp³-hybridized carbons (Fsp3) is 0.600. The predicted molar refractivity (Wildman–Crippen MR) is 74.4 cm³/mol. The van der Waals surface area contributed by atoms with E-state index in [9.17, 15) is 5.11 Å². The summed E-state index contributed by atoms with van der Waals surface area (Å²) < 4.78 is 0. The highest BCUT2D eigenvalue weighted by atomic mass is 16.3. The Morgan fingerprint density at radius 3 is 2.56 bits per heavy atom. The van der Waals surface area contributed by atoms with Gasteiger partial charge >= 0.3 is 0 Å². The van der Waals surface area contributed by atoms with Crippen molar-refractivity contribution in [1.29, 1.82) is 0 Å². The second kappa shape index (κ2) is 5.39. The fourth-order valence-corrected chi connectivity index (χ4v) is 3.05. The zero-order chi connectivity index (χ0) is 13.2. The van der Waals surface area contributed by atoms with Gasteiger partial charge in [-0.1, -0.05) is 30.3 Å². The molecule has 1 aromatic carbocycles. The number of piperazine rings is 1. The highest BCUT2D eigenvalue weighted by Crippen LogP contribution is 2.26. The quantitative estimate of drug-likeness (QED) is 0.879. The van der Waals surface area contributed by atoms with Crippen LogP contribution in [0.5, 0.6) is 0 Å². The molecule has 1 aliphatic heterocycles. The summed E-state index contributed by atoms with van der Waals surface area (Å²) in [6.07, 6.45) is 0. The van der Waals surface area contributed by atoms with Crippen molar-refractivity contribution in [2.45, 2.75) is 32.0 Å². The number of aliphatic hydroxyl groups excluding tert-OH is 1. The van der Waals surface area contributed by atoms with Gasteiger partial charge in [0.1, 0.15) is 0 Å². The Hall–Kier alpha value is -0.900. The van der Waals surface area contributed by atoms with Gasteiger partial charge in [0.25, 0.3) is 0 Å². The number of hydrogen-bond acceptors (Lipinski definition) is 3. The SMILES string of the molecule is CN1CC(CO)N(Cc2ccccc2)C(C)(C)C1. The summed E-state index contributed by atoms with van der Waals surface area (Å²) in [4.78, 5) is 4.74. The number of hydrogen-bond donors (Lipinski definition) is 1. The van der Waals surface area contributed by atoms with Crippen molar-refractivity contribution in [3.63, 3.8) is 0 Å². The molecule has 1 heterocycles. The van der Waals surface area contributed by atoms with Crippen LogP contribution >= 0.6 is 0 Å². The van der Waals surface area contributed by atoms with Crippen LogP contribution in [-0.4, -0.2) is 53.2 Å². The first kappa shape index (κ1) is 13.5. The van der Waals surface area contributed by atoms with Gasteiger partial charge in [-0.25, -0.2) is 0 Å². The van der Waals surface area contributed by atoms with Gasteiger partial charge in [0, 0.05) is 31.2 Å². The first-order chi connectivity index (χ1) is 8.53. The molecule has 18 heavy (non-hydrogen) atoms. The van der Waals surface area contributed by atoms with Crippen LogP contribution in [0.15, 0.2) is 30.3 Å². The molecular formula is C15H24N2O. The molecule has 1 saturated heterocycles. The molecule has 1 atom stereocenters. The van der Waals surface area contributed by atoms with Crippen LogP contribution in [0, 0.1) is 0 Å². The van der Waals surface area contributed by atoms with Crippen LogP contribution in [0.25, 0.3) is 0 Å². The third-order valence-corrected chi connectivity index (χ3v) is 3.80. The fourth-order valence-electron chi connectivity index (χ4n) is 3.05. The van der Waals surface area contributed by atoms with Crippen LogP contribution in [0.3, 0.4) is 0 Å². The van der Waals surface area contributed by atoms with Gasteiger partial charge in [-0.2, -0.15) is 0 Å². The lowest BCUT2D eigenvalue weighted by molar-refractivity contribution is -0.0418. The summed E-state index contributed by atoms with van der Waals surface area (Å²) in [5.74, 6) is 0. The molecule has 0 aromatic heterocycles. The van der Waals surface area contributed by atoms with Gasteiger partial charge in [0.15, 0.2) is 0 Å². The van der Waals surface area contributed by atoms with Gasteiger partial charge in [-0.15, -0.1) is 0 Å². The third-order valence-electron chi connectivity index (χ3n) is 3.80. The number of benzene rings is 1. The number of likely N-dealkylation sites (N-methyl/N-ethyl adjacent to an activating group) is 1. The van der Waals surface area contributed by atoms with E-state index < -0.39 is 0 Å². The van der Waals surface area contributed by atoms with E-state index in [2.05, 4.69) is 55.0 Å². The number of rotatable bonds is 3. The molecule has 0 aliphatic carbocycles. The van der Waals surface area contributed by atoms with E-state index in [-0.39, 0.29) is 18.2 Å². The summed E-state index contributed by atoms with van der Waals surface area (Å²) >= 11 is 0. The number of aliphatic hydroxyl groups is 1. The average Bonchev–Trinajstić information content (AvgIpc) is 2.33. The Morgan fingerprint density at radius 1 is 1.28 bits per heavy atom. The van der Waals surface area contributed by atoms with E-state index in [1.807, 2.05) is 6.07 Å². The van der Waals surface area contributed by atoms with Crippen molar-refractivity contribution >= 4 is 0 Å². The van der Waals surface area contributed by atoms with Crippen LogP contribution in [0.1, 0.15) is 19.4 Å². The van der Waals surface area contributed by atoms with Crippen molar-refractivity contribution in [2.24, 2.45) is 0 Å². The first-order valence-corrected chi connectivity index (χ1v) is 6.63. The van der Waals surface area contributed by atoms with Crippen LogP contribution < -0.4 is 0 Å². The summed E-state index contributed by atoms with van der Waals surface area (Å²) in [5, 5.41) is 9.62. The van der Waals surface area contributed by atoms with E-state index in [1.165, 1.54) is 5.56 Å². The lowest BCUT2D eigenvalue weighted by Crippen LogP contribution is -2.63. The van der Waals surface area contributed by atoms with E-state index in [0.717, 1.165) is 19.6 Å². The Bertz CT molecular complexity index is 377. The summed E-state index contributed by atoms with van der Waals surface area (Å²) in [6.45, 7) is 7.62. The Kier molecular flexibility index (Phi) is 4.05. The molecule has 100 valence electrons. The smallest absolute Gasteiger partial charge is 0.0599 e. The van der Waals surface area contributed by atoms with Crippen molar-refractivity contribution in [1.82, 2.24) is 9.80 Å². The van der Waals surface area contributed by atoms with Gasteiger partial charge in [0.05, 0.1) is 6.61 Å². The van der Waals surface area contributed by atoms with Crippen molar-refractivity contribution in [3.05, 3.63) is 35.9 Å². The maximum atomic E-state index is 9.62. The van der Waals surface area contributed by atoms with Crippen LogP contribution in [-0.2, 0) is 6.54 Å². The topological polar surface area (TPSA) is 26.7 Å². The van der Waals surface area contributed by atoms with Gasteiger partial charge in [-0.3, -0.25) is 4.90 Å². The maximum Gasteiger partial charge on any atom is 0.0599 e. The van der Waals surface area contributed by atoms with Crippen molar-refractivity contribution < 1.29 is 5.11 Å². The van der Waals surface area contributed by atoms with Crippen molar-refractivity contribution in [2.75, 3.05) is 26.7 Å². The van der Waals surface area contributed by atoms with Gasteiger partial charge in [-0.05, 0) is 26.5 Å². The second-order valence-corrected chi connectivity index (χ2v) is 5.96. The molecule has 1 aromatic rings. The zero-order valence-corrected chi connectivity index (χ0v) is 11.6. The van der Waals surface area contributed by atoms with E-state index >= 15 is 0 Å². The summed E-state index contributed by atoms with van der Waals surface area (Å²) in [6, 6.07) is 10.7. The average molecular weight is 248 g/mol. The molecule has 1 N–H and O–H groups in total. The minimum absolute atomic E-state index is 0.0935. The second-order valence-electron chi connectivity index (χ2n) is 5.96. The molecule has 0 radical (unpaired) electrons. The van der Waals surface area contributed by atoms with Crippen LogP contribution in [0.4, 0.5) is 0 Å². The molecule has 1 aliphatic rings. The number of nitrogens with zero attached hydrogens (tertiary/aromatic N) is 2. The summed E-state index contributed by atoms with van der Waals surface area (Å²) in [5.41, 5.74) is 1.41. The molecule has 2 rings (SSSR count). The van der Waals surface area contributed by atoms with E-state index in [4.69, 9.17) is 0 Å². The molecular weight excluding hydrogens is 224 g/mol. The van der Waals surface area contributed by atoms with E-state index in [0.29, 0.717) is 0 Å². The molecule has 1 unspecified atom stereocenters. The highest BCUT2D eigenvalue weighted by Gasteiger charge is 2.38. The Balaban J connectivity index is 2.17. The molecule has 0 saturated carbocycles. The Morgan fingerprint density at radius 2 is 1.94 bits per heavy atom. The monoisotopic (exact) mass is 248 g/mol. The minimum Gasteiger partial charge on any atom is -0.395 e. The predicted octanol–water partition coefficient (Wildman–Crippen LogP) is 1.57. The minimum atomic E-state index is 0.0935. The molecule has 0 bridgehead atoms. The molecule has 1 fully saturated rings. The largest absolute Gasteiger partial charge is 0.395 e. The Labute approximate surface area is 110 Å². The molecule has 3 nitrogen and oxygen atoms in total. The normalized spacial score (nSPS) is 25.2. The van der Waals surface area contributed by atoms with Crippen molar-refractivity contribution in [3.8, 4) is 0 Å². The van der Waals surface area contributed by atoms with Gasteiger partial charge < -0.3 is 10.0 Å². The lowest BCUT2D eigenvalue weighted by Gasteiger charge is -2.50. The van der Waals surface area contributed by atoms with E-state index in [1.54, 1.807) is 0 Å². The van der Waals surface area contributed by atoms with Gasteiger partial charge in [0.2, 0.25) is 0 Å². The molecule has 3 heteroatoms. The lowest BCUT2D eigenvalue weighted by atomic mass is 9.94. The zero-order valence-electron chi connectivity index (χ0n) is 11.6. The molecule has 0 amide bonds. The van der Waals surface area contributed by atoms with Crippen LogP contribution in [0.2, 0.25) is 0 Å². The first-order valence-electron chi connectivity index (χ1n) is 6.63. The summed E-state index contributed by atoms with van der Waals surface area (Å²) in [7, 11) is 2.13. The maximum absolute atomic E-state index is 9.62. The standard InChI is InChI=1S/C15H24N2O/c1-15(2)12-16(3)10-14(11-18)17(15)9-13-7-5-4-6-8-13/h4-8,14,18H,9-12H2,1-3H3.